The van der Waals surface area contributed by atoms with Gasteiger partial charge in [0.1, 0.15) is 0 Å². The molecule has 6 nitrogen and oxygen atoms in total. The molecule has 1 aliphatic rings. The highest BCUT2D eigenvalue weighted by Crippen LogP contribution is 2.26. The molecule has 2 aromatic rings. The van der Waals surface area contributed by atoms with Crippen LogP contribution in [0.3, 0.4) is 0 Å². The van der Waals surface area contributed by atoms with Crippen molar-refractivity contribution >= 4 is 17.4 Å². The second-order valence-electron chi connectivity index (χ2n) is 6.45. The number of aromatic amines is 1. The molecule has 130 valence electrons. The summed E-state index contributed by atoms with van der Waals surface area (Å²) in [7, 11) is 4.10. The minimum Gasteiger partial charge on any atom is -0.336 e. The van der Waals surface area contributed by atoms with E-state index in [4.69, 9.17) is 0 Å². The van der Waals surface area contributed by atoms with E-state index in [9.17, 15) is 4.79 Å². The zero-order valence-corrected chi connectivity index (χ0v) is 15.1. The van der Waals surface area contributed by atoms with E-state index in [-0.39, 0.29) is 12.1 Å². The molecule has 3 heterocycles. The second kappa shape index (κ2) is 7.81. The lowest BCUT2D eigenvalue weighted by molar-refractivity contribution is 0.176. The van der Waals surface area contributed by atoms with Gasteiger partial charge in [-0.05, 0) is 44.4 Å². The second-order valence-corrected chi connectivity index (χ2v) is 7.43. The summed E-state index contributed by atoms with van der Waals surface area (Å²) in [5, 5.41) is 12.2. The first-order valence-corrected chi connectivity index (χ1v) is 9.25. The van der Waals surface area contributed by atoms with Crippen LogP contribution in [-0.4, -0.2) is 59.8 Å². The number of piperidine rings is 1. The number of nitrogens with one attached hydrogen (secondary N) is 2. The highest BCUT2D eigenvalue weighted by molar-refractivity contribution is 7.10. The molecule has 0 spiro atoms. The SMILES string of the molecule is CN(C)C(CNC(=O)N1CCC(c2ccn[nH]2)CC1)c1cccs1. The average Bonchev–Trinajstić information content (AvgIpc) is 3.28. The third kappa shape index (κ3) is 3.96. The Kier molecular flexibility index (Phi) is 5.52. The number of likely N-dealkylation sites (tertiary alicyclic amines) is 1. The third-order valence-corrected chi connectivity index (χ3v) is 5.66. The molecule has 1 fully saturated rings. The molecule has 1 unspecified atom stereocenters. The maximum atomic E-state index is 12.5. The number of carbonyl (C=O) groups excluding carboxylic acids is 1. The molecule has 0 radical (unpaired) electrons. The van der Waals surface area contributed by atoms with E-state index in [1.807, 2.05) is 25.1 Å². The van der Waals surface area contributed by atoms with Crippen molar-refractivity contribution in [1.29, 1.82) is 0 Å². The quantitative estimate of drug-likeness (QED) is 0.874. The standard InChI is InChI=1S/C17H25N5OS/c1-21(2)15(16-4-3-11-24-16)12-18-17(23)22-9-6-13(7-10-22)14-5-8-19-20-14/h3-5,8,11,13,15H,6-7,9-10,12H2,1-2H3,(H,18,23)(H,19,20). The van der Waals surface area contributed by atoms with Crippen molar-refractivity contribution < 1.29 is 4.79 Å². The topological polar surface area (TPSA) is 64.3 Å². The summed E-state index contributed by atoms with van der Waals surface area (Å²) < 4.78 is 0. The minimum atomic E-state index is 0.0430. The number of likely N-dealkylation sites (N-methyl/N-ethyl adjacent to an activating group) is 1. The minimum absolute atomic E-state index is 0.0430. The Morgan fingerprint density at radius 2 is 2.25 bits per heavy atom. The van der Waals surface area contributed by atoms with E-state index < -0.39 is 0 Å². The molecule has 2 N–H and O–H groups in total. The summed E-state index contributed by atoms with van der Waals surface area (Å²) in [6.07, 6.45) is 3.76. The third-order valence-electron chi connectivity index (χ3n) is 4.69. The van der Waals surface area contributed by atoms with Gasteiger partial charge >= 0.3 is 6.03 Å². The van der Waals surface area contributed by atoms with Crippen LogP contribution in [0.1, 0.15) is 35.4 Å². The van der Waals surface area contributed by atoms with Crippen molar-refractivity contribution in [3.63, 3.8) is 0 Å². The molecule has 0 aromatic carbocycles. The van der Waals surface area contributed by atoms with Gasteiger partial charge in [0.25, 0.3) is 0 Å². The van der Waals surface area contributed by atoms with Crippen LogP contribution in [0.25, 0.3) is 0 Å². The van der Waals surface area contributed by atoms with Gasteiger partial charge in [-0.15, -0.1) is 11.3 Å². The number of carbonyl (C=O) groups is 1. The molecule has 0 bridgehead atoms. The van der Waals surface area contributed by atoms with Crippen molar-refractivity contribution in [3.8, 4) is 0 Å². The van der Waals surface area contributed by atoms with Crippen LogP contribution in [0.5, 0.6) is 0 Å². The molecule has 3 rings (SSSR count). The van der Waals surface area contributed by atoms with Crippen LogP contribution in [0.2, 0.25) is 0 Å². The molecule has 0 aliphatic carbocycles. The number of H-pyrrole nitrogens is 1. The zero-order chi connectivity index (χ0) is 16.9. The first-order valence-electron chi connectivity index (χ1n) is 8.37. The molecule has 1 aliphatic heterocycles. The average molecular weight is 347 g/mol. The van der Waals surface area contributed by atoms with Gasteiger partial charge < -0.3 is 15.1 Å². The molecule has 7 heteroatoms. The van der Waals surface area contributed by atoms with E-state index in [2.05, 4.69) is 37.9 Å². The maximum Gasteiger partial charge on any atom is 0.317 e. The molecule has 2 aromatic heterocycles. The summed E-state index contributed by atoms with van der Waals surface area (Å²) >= 11 is 1.73. The molecule has 0 saturated carbocycles. The Bertz CT molecular complexity index is 617. The lowest BCUT2D eigenvalue weighted by atomic mass is 9.94. The summed E-state index contributed by atoms with van der Waals surface area (Å²) in [6.45, 7) is 2.22. The number of hydrogen-bond donors (Lipinski definition) is 2. The van der Waals surface area contributed by atoms with Gasteiger partial charge in [-0.1, -0.05) is 6.07 Å². The highest BCUT2D eigenvalue weighted by atomic mass is 32.1. The smallest absolute Gasteiger partial charge is 0.317 e. The predicted molar refractivity (Wildman–Crippen MR) is 96.3 cm³/mol. The van der Waals surface area contributed by atoms with Gasteiger partial charge in [0.15, 0.2) is 0 Å². The van der Waals surface area contributed by atoms with E-state index >= 15 is 0 Å². The first-order chi connectivity index (χ1) is 11.6. The predicted octanol–water partition coefficient (Wildman–Crippen LogP) is 2.66. The van der Waals surface area contributed by atoms with Crippen LogP contribution in [0.15, 0.2) is 29.8 Å². The number of rotatable bonds is 5. The fourth-order valence-corrected chi connectivity index (χ4v) is 4.12. The molecule has 1 atom stereocenters. The first kappa shape index (κ1) is 17.0. The molecular formula is C17H25N5OS. The molecule has 1 saturated heterocycles. The number of amides is 2. The highest BCUT2D eigenvalue weighted by Gasteiger charge is 2.25. The van der Waals surface area contributed by atoms with Gasteiger partial charge in [0.2, 0.25) is 0 Å². The largest absolute Gasteiger partial charge is 0.336 e. The fraction of sp³-hybridized carbons (Fsp3) is 0.529. The Morgan fingerprint density at radius 1 is 1.46 bits per heavy atom. The zero-order valence-electron chi connectivity index (χ0n) is 14.2. The number of hydrogen-bond acceptors (Lipinski definition) is 4. The Balaban J connectivity index is 1.49. The van der Waals surface area contributed by atoms with Crippen LogP contribution >= 0.6 is 11.3 Å². The van der Waals surface area contributed by atoms with Crippen LogP contribution in [-0.2, 0) is 0 Å². The van der Waals surface area contributed by atoms with Crippen molar-refractivity contribution in [2.24, 2.45) is 0 Å². The fourth-order valence-electron chi connectivity index (χ4n) is 3.20. The summed E-state index contributed by atoms with van der Waals surface area (Å²) in [5.74, 6) is 0.484. The summed E-state index contributed by atoms with van der Waals surface area (Å²) in [4.78, 5) is 17.8. The van der Waals surface area contributed by atoms with E-state index in [0.29, 0.717) is 12.5 Å². The van der Waals surface area contributed by atoms with E-state index in [1.165, 1.54) is 10.6 Å². The number of nitrogens with zero attached hydrogens (tertiary/aromatic N) is 3. The summed E-state index contributed by atoms with van der Waals surface area (Å²) in [5.41, 5.74) is 1.18. The number of urea groups is 1. The Labute approximate surface area is 146 Å². The summed E-state index contributed by atoms with van der Waals surface area (Å²) in [6, 6.07) is 6.47. The van der Waals surface area contributed by atoms with Crippen LogP contribution < -0.4 is 5.32 Å². The van der Waals surface area contributed by atoms with E-state index in [1.54, 1.807) is 17.5 Å². The lowest BCUT2D eigenvalue weighted by Crippen LogP contribution is -2.46. The van der Waals surface area contributed by atoms with E-state index in [0.717, 1.165) is 25.9 Å². The molecule has 2 amide bonds. The molecular weight excluding hydrogens is 322 g/mol. The monoisotopic (exact) mass is 347 g/mol. The van der Waals surface area contributed by atoms with Gasteiger partial charge in [-0.25, -0.2) is 4.79 Å². The van der Waals surface area contributed by atoms with Crippen molar-refractivity contribution in [2.75, 3.05) is 33.7 Å². The van der Waals surface area contributed by atoms with Crippen molar-refractivity contribution in [1.82, 2.24) is 25.3 Å². The van der Waals surface area contributed by atoms with Gasteiger partial charge in [-0.2, -0.15) is 5.10 Å². The van der Waals surface area contributed by atoms with Gasteiger partial charge in [0, 0.05) is 42.3 Å². The van der Waals surface area contributed by atoms with Crippen molar-refractivity contribution in [2.45, 2.75) is 24.8 Å². The Hall–Kier alpha value is -1.86. The lowest BCUT2D eigenvalue weighted by Gasteiger charge is -2.32. The number of aromatic nitrogens is 2. The normalized spacial score (nSPS) is 17.2. The van der Waals surface area contributed by atoms with Gasteiger partial charge in [-0.3, -0.25) is 5.10 Å². The van der Waals surface area contributed by atoms with Gasteiger partial charge in [0.05, 0.1) is 6.04 Å². The number of thiophene rings is 1. The van der Waals surface area contributed by atoms with Crippen molar-refractivity contribution in [3.05, 3.63) is 40.3 Å². The Morgan fingerprint density at radius 3 is 2.83 bits per heavy atom. The maximum absolute atomic E-state index is 12.5. The van der Waals surface area contributed by atoms with Crippen LogP contribution in [0, 0.1) is 0 Å². The molecule has 24 heavy (non-hydrogen) atoms. The van der Waals surface area contributed by atoms with Crippen LogP contribution in [0.4, 0.5) is 4.79 Å².